The number of hydrogen-bond donors (Lipinski definition) is 0. The van der Waals surface area contributed by atoms with Crippen LogP contribution >= 0.6 is 0 Å². The maximum atomic E-state index is 13.2. The predicted octanol–water partition coefficient (Wildman–Crippen LogP) is 3.12. The predicted molar refractivity (Wildman–Crippen MR) is 43.8 cm³/mol. The number of hydrogen-bond acceptors (Lipinski definition) is 0. The first kappa shape index (κ1) is 7.96. The minimum Gasteiger partial charge on any atom is -0.202 e. The SMILES string of the molecule is CC1CC(F)(F)C2=C1C=CC[CH]2. The Morgan fingerprint density at radius 3 is 2.92 bits per heavy atom. The summed E-state index contributed by atoms with van der Waals surface area (Å²) in [6, 6.07) is 0. The second-order valence-electron chi connectivity index (χ2n) is 3.52. The summed E-state index contributed by atoms with van der Waals surface area (Å²) < 4.78 is 26.4. The van der Waals surface area contributed by atoms with Gasteiger partial charge in [-0.2, -0.15) is 0 Å². The van der Waals surface area contributed by atoms with Crippen LogP contribution in [0, 0.1) is 12.3 Å². The molecule has 0 spiro atoms. The van der Waals surface area contributed by atoms with Gasteiger partial charge in [-0.15, -0.1) is 0 Å². The highest BCUT2D eigenvalue weighted by Crippen LogP contribution is 2.47. The molecule has 2 aliphatic carbocycles. The van der Waals surface area contributed by atoms with E-state index in [4.69, 9.17) is 0 Å². The van der Waals surface area contributed by atoms with Crippen LogP contribution in [0.25, 0.3) is 0 Å². The highest BCUT2D eigenvalue weighted by molar-refractivity contribution is 5.44. The molecule has 0 bridgehead atoms. The van der Waals surface area contributed by atoms with Gasteiger partial charge in [-0.1, -0.05) is 19.1 Å². The van der Waals surface area contributed by atoms with Crippen LogP contribution in [0.15, 0.2) is 23.3 Å². The third kappa shape index (κ3) is 1.01. The summed E-state index contributed by atoms with van der Waals surface area (Å²) in [5.74, 6) is -2.55. The van der Waals surface area contributed by atoms with E-state index in [-0.39, 0.29) is 17.9 Å². The minimum atomic E-state index is -2.57. The van der Waals surface area contributed by atoms with Crippen molar-refractivity contribution in [1.82, 2.24) is 0 Å². The Labute approximate surface area is 71.0 Å². The van der Waals surface area contributed by atoms with Crippen LogP contribution in [0.2, 0.25) is 0 Å². The van der Waals surface area contributed by atoms with Gasteiger partial charge in [0.15, 0.2) is 0 Å². The van der Waals surface area contributed by atoms with Crippen molar-refractivity contribution in [3.05, 3.63) is 29.7 Å². The largest absolute Gasteiger partial charge is 0.270 e. The zero-order chi connectivity index (χ0) is 8.77. The van der Waals surface area contributed by atoms with Crippen LogP contribution in [0.3, 0.4) is 0 Å². The van der Waals surface area contributed by atoms with E-state index in [0.29, 0.717) is 6.42 Å². The van der Waals surface area contributed by atoms with Gasteiger partial charge in [0.2, 0.25) is 0 Å². The molecular formula is C10H11F2. The Kier molecular flexibility index (Phi) is 1.60. The molecule has 0 aliphatic heterocycles. The molecule has 0 saturated carbocycles. The molecule has 0 fully saturated rings. The molecule has 1 unspecified atom stereocenters. The Hall–Kier alpha value is -0.660. The summed E-state index contributed by atoms with van der Waals surface area (Å²) in [5, 5.41) is 0. The standard InChI is InChI=1S/C10H11F2/c1-7-6-10(11,12)9-5-3-2-4-8(7)9/h2,4-5,7H,3,6H2,1H3. The fraction of sp³-hybridized carbons (Fsp3) is 0.500. The fourth-order valence-corrected chi connectivity index (χ4v) is 1.98. The summed E-state index contributed by atoms with van der Waals surface area (Å²) >= 11 is 0. The monoisotopic (exact) mass is 169 g/mol. The minimum absolute atomic E-state index is 0.0154. The molecule has 0 amide bonds. The van der Waals surface area contributed by atoms with Crippen molar-refractivity contribution >= 4 is 0 Å². The van der Waals surface area contributed by atoms with Crippen LogP contribution in [0.5, 0.6) is 0 Å². The average molecular weight is 169 g/mol. The molecular weight excluding hydrogens is 158 g/mol. The van der Waals surface area contributed by atoms with Crippen molar-refractivity contribution in [3.63, 3.8) is 0 Å². The summed E-state index contributed by atoms with van der Waals surface area (Å²) in [6.07, 6.45) is 6.08. The summed E-state index contributed by atoms with van der Waals surface area (Å²) in [4.78, 5) is 0. The lowest BCUT2D eigenvalue weighted by Crippen LogP contribution is -2.16. The maximum absolute atomic E-state index is 13.2. The van der Waals surface area contributed by atoms with E-state index < -0.39 is 5.92 Å². The van der Waals surface area contributed by atoms with Gasteiger partial charge in [0.25, 0.3) is 5.92 Å². The molecule has 2 aliphatic rings. The zero-order valence-corrected chi connectivity index (χ0v) is 6.98. The van der Waals surface area contributed by atoms with Gasteiger partial charge < -0.3 is 0 Å². The fourth-order valence-electron chi connectivity index (χ4n) is 1.98. The van der Waals surface area contributed by atoms with Gasteiger partial charge in [0, 0.05) is 12.0 Å². The van der Waals surface area contributed by atoms with E-state index in [9.17, 15) is 8.78 Å². The van der Waals surface area contributed by atoms with Gasteiger partial charge in [-0.05, 0) is 24.3 Å². The maximum Gasteiger partial charge on any atom is 0.270 e. The van der Waals surface area contributed by atoms with Crippen LogP contribution in [0.4, 0.5) is 8.78 Å². The number of rotatable bonds is 0. The Morgan fingerprint density at radius 1 is 1.50 bits per heavy atom. The molecule has 0 saturated heterocycles. The van der Waals surface area contributed by atoms with E-state index in [2.05, 4.69) is 0 Å². The number of allylic oxidation sites excluding steroid dienone is 4. The highest BCUT2D eigenvalue weighted by Gasteiger charge is 2.44. The molecule has 2 rings (SSSR count). The van der Waals surface area contributed by atoms with E-state index in [0.717, 1.165) is 5.57 Å². The molecule has 1 radical (unpaired) electrons. The lowest BCUT2D eigenvalue weighted by molar-refractivity contribution is 0.0371. The van der Waals surface area contributed by atoms with Crippen molar-refractivity contribution in [2.45, 2.75) is 25.7 Å². The first-order chi connectivity index (χ1) is 5.61. The molecule has 2 heteroatoms. The van der Waals surface area contributed by atoms with E-state index in [1.807, 2.05) is 19.1 Å². The molecule has 0 nitrogen and oxygen atoms in total. The normalized spacial score (nSPS) is 32.4. The third-order valence-electron chi connectivity index (χ3n) is 2.55. The molecule has 0 aromatic heterocycles. The quantitative estimate of drug-likeness (QED) is 0.522. The first-order valence-electron chi connectivity index (χ1n) is 4.23. The van der Waals surface area contributed by atoms with Gasteiger partial charge in [0.05, 0.1) is 0 Å². The van der Waals surface area contributed by atoms with Crippen molar-refractivity contribution in [1.29, 1.82) is 0 Å². The lowest BCUT2D eigenvalue weighted by Gasteiger charge is -2.14. The van der Waals surface area contributed by atoms with Crippen molar-refractivity contribution in [2.24, 2.45) is 5.92 Å². The van der Waals surface area contributed by atoms with Gasteiger partial charge in [-0.3, -0.25) is 0 Å². The van der Waals surface area contributed by atoms with E-state index in [1.54, 1.807) is 6.42 Å². The molecule has 0 aromatic carbocycles. The molecule has 12 heavy (non-hydrogen) atoms. The van der Waals surface area contributed by atoms with Crippen LogP contribution in [0.1, 0.15) is 19.8 Å². The van der Waals surface area contributed by atoms with Crippen LogP contribution < -0.4 is 0 Å². The second kappa shape index (κ2) is 2.41. The summed E-state index contributed by atoms with van der Waals surface area (Å²) in [6.45, 7) is 1.86. The van der Waals surface area contributed by atoms with Crippen molar-refractivity contribution < 1.29 is 8.78 Å². The van der Waals surface area contributed by atoms with E-state index in [1.165, 1.54) is 0 Å². The van der Waals surface area contributed by atoms with Crippen molar-refractivity contribution in [3.8, 4) is 0 Å². The Bertz CT molecular complexity index is 261. The van der Waals surface area contributed by atoms with Crippen LogP contribution in [-0.4, -0.2) is 5.92 Å². The first-order valence-corrected chi connectivity index (χ1v) is 4.23. The highest BCUT2D eigenvalue weighted by atomic mass is 19.3. The smallest absolute Gasteiger partial charge is 0.202 e. The summed E-state index contributed by atoms with van der Waals surface area (Å²) in [7, 11) is 0. The zero-order valence-electron chi connectivity index (χ0n) is 6.98. The third-order valence-corrected chi connectivity index (χ3v) is 2.55. The second-order valence-corrected chi connectivity index (χ2v) is 3.52. The van der Waals surface area contributed by atoms with Gasteiger partial charge in [0.1, 0.15) is 0 Å². The number of halogens is 2. The summed E-state index contributed by atoms with van der Waals surface area (Å²) in [5.41, 5.74) is 1.11. The topological polar surface area (TPSA) is 0 Å². The molecule has 0 aromatic rings. The average Bonchev–Trinajstić information content (AvgIpc) is 2.25. The molecule has 0 heterocycles. The lowest BCUT2D eigenvalue weighted by atomic mass is 9.96. The Morgan fingerprint density at radius 2 is 2.25 bits per heavy atom. The number of alkyl halides is 2. The van der Waals surface area contributed by atoms with Crippen LogP contribution in [-0.2, 0) is 0 Å². The molecule has 65 valence electrons. The molecule has 0 N–H and O–H groups in total. The van der Waals surface area contributed by atoms with Gasteiger partial charge >= 0.3 is 0 Å². The van der Waals surface area contributed by atoms with Crippen molar-refractivity contribution in [2.75, 3.05) is 0 Å². The van der Waals surface area contributed by atoms with E-state index >= 15 is 0 Å². The Balaban J connectivity index is 2.41. The molecule has 1 atom stereocenters. The van der Waals surface area contributed by atoms with Gasteiger partial charge in [-0.25, -0.2) is 8.78 Å².